The van der Waals surface area contributed by atoms with E-state index in [1.807, 2.05) is 20.8 Å². The molecule has 0 aromatic heterocycles. The Morgan fingerprint density at radius 3 is 2.42 bits per heavy atom. The normalized spacial score (nSPS) is 43.7. The van der Waals surface area contributed by atoms with E-state index in [1.54, 1.807) is 19.1 Å². The molecule has 1 saturated heterocycles. The number of rotatable bonds is 10. The lowest BCUT2D eigenvalue weighted by Gasteiger charge is -2.58. The highest BCUT2D eigenvalue weighted by Crippen LogP contribution is 2.82. The SMILES string of the molecule is CO[C@H]1[C@@H](OS(=O)(=O)c2ccc(C)cc2)[C@H](O)[C@H](OCC23CC4C(C)CCC4C4(C=O)CC2C=C(C(C)C)C43C(=O)O)O[C@@H]1C. The minimum atomic E-state index is -4.29. The first-order valence-corrected chi connectivity index (χ1v) is 17.5. The van der Waals surface area contributed by atoms with Crippen LogP contribution in [0.25, 0.3) is 0 Å². The van der Waals surface area contributed by atoms with Crippen LogP contribution in [0, 0.1) is 52.8 Å². The van der Waals surface area contributed by atoms with Gasteiger partial charge in [0.15, 0.2) is 6.29 Å². The van der Waals surface area contributed by atoms with Crippen molar-refractivity contribution in [1.29, 1.82) is 0 Å². The van der Waals surface area contributed by atoms with E-state index in [1.165, 1.54) is 19.2 Å². The number of aryl methyl sites for hydroxylation is 1. The van der Waals surface area contributed by atoms with Gasteiger partial charge in [-0.25, -0.2) is 0 Å². The van der Waals surface area contributed by atoms with Crippen LogP contribution in [-0.2, 0) is 38.1 Å². The molecule has 7 unspecified atom stereocenters. The number of hydrogen-bond donors (Lipinski definition) is 2. The Morgan fingerprint density at radius 1 is 1.13 bits per heavy atom. The van der Waals surface area contributed by atoms with Crippen molar-refractivity contribution < 1.29 is 46.6 Å². The zero-order valence-electron chi connectivity index (χ0n) is 26.8. The van der Waals surface area contributed by atoms with E-state index in [9.17, 15) is 28.2 Å². The zero-order valence-corrected chi connectivity index (χ0v) is 27.7. The molecule has 10 nitrogen and oxygen atoms in total. The van der Waals surface area contributed by atoms with Crippen molar-refractivity contribution in [2.45, 2.75) is 95.9 Å². The van der Waals surface area contributed by atoms with Gasteiger partial charge in [-0.15, -0.1) is 0 Å². The maximum Gasteiger partial charge on any atom is 0.315 e. The Balaban J connectivity index is 1.34. The van der Waals surface area contributed by atoms with E-state index in [-0.39, 0.29) is 35.2 Å². The lowest BCUT2D eigenvalue weighted by atomic mass is 9.43. The fourth-order valence-electron chi connectivity index (χ4n) is 10.3. The Labute approximate surface area is 265 Å². The molecule has 0 radical (unpaired) electrons. The van der Waals surface area contributed by atoms with Crippen LogP contribution in [0.2, 0.25) is 0 Å². The monoisotopic (exact) mass is 646 g/mol. The second-order valence-corrected chi connectivity index (χ2v) is 16.1. The van der Waals surface area contributed by atoms with Gasteiger partial charge < -0.3 is 29.2 Å². The average molecular weight is 647 g/mol. The zero-order chi connectivity index (χ0) is 32.7. The van der Waals surface area contributed by atoms with E-state index >= 15 is 0 Å². The van der Waals surface area contributed by atoms with Crippen molar-refractivity contribution in [3.8, 4) is 0 Å². The van der Waals surface area contributed by atoms with Gasteiger partial charge >= 0.3 is 5.97 Å². The van der Waals surface area contributed by atoms with Crippen LogP contribution in [0.1, 0.15) is 58.9 Å². The summed E-state index contributed by atoms with van der Waals surface area (Å²) in [5.41, 5.74) is -1.78. The van der Waals surface area contributed by atoms with Crippen molar-refractivity contribution in [2.24, 2.45) is 45.8 Å². The number of allylic oxidation sites excluding steroid dienone is 1. The quantitative estimate of drug-likeness (QED) is 0.216. The molecule has 1 aromatic carbocycles. The predicted octanol–water partition coefficient (Wildman–Crippen LogP) is 4.13. The Kier molecular flexibility index (Phi) is 8.18. The van der Waals surface area contributed by atoms with Gasteiger partial charge in [0.1, 0.15) is 30.0 Å². The van der Waals surface area contributed by atoms with Gasteiger partial charge in [-0.1, -0.05) is 56.5 Å². The molecule has 248 valence electrons. The summed E-state index contributed by atoms with van der Waals surface area (Å²) < 4.78 is 50.2. The van der Waals surface area contributed by atoms with Gasteiger partial charge in [-0.3, -0.25) is 8.98 Å². The highest BCUT2D eigenvalue weighted by Gasteiger charge is 2.84. The van der Waals surface area contributed by atoms with Crippen LogP contribution in [0.5, 0.6) is 0 Å². The molecule has 0 amide bonds. The van der Waals surface area contributed by atoms with Crippen molar-refractivity contribution in [3.63, 3.8) is 0 Å². The maximum absolute atomic E-state index is 13.7. The molecule has 1 aliphatic heterocycles. The van der Waals surface area contributed by atoms with Crippen molar-refractivity contribution in [3.05, 3.63) is 41.5 Å². The molecule has 0 spiro atoms. The van der Waals surface area contributed by atoms with E-state index in [2.05, 4.69) is 13.0 Å². The molecule has 45 heavy (non-hydrogen) atoms. The number of fused-ring (bicyclic) bond motifs is 2. The third kappa shape index (κ3) is 4.40. The summed E-state index contributed by atoms with van der Waals surface area (Å²) in [5.74, 6) is -0.813. The standard InChI is InChI=1S/C34H46O10S/c1-18(2)26-13-22-14-32(16-35)25-12-9-20(4)24(25)15-33(22,34(26,32)31(37)38)17-42-30-27(36)29(28(41-6)21(5)43-30)44-45(39,40)23-10-7-19(3)8-11-23/h7-8,10-11,13,16,18,20-22,24-25,27-30,36H,9,12,14-15,17H2,1-6H3,(H,37,38)/t20?,21-,22?,24?,25?,27+,28-,29+,30-,32?,33?,34?/m1/s1. The Bertz CT molecular complexity index is 1470. The number of benzene rings is 1. The molecule has 4 fully saturated rings. The predicted molar refractivity (Wildman–Crippen MR) is 162 cm³/mol. The van der Waals surface area contributed by atoms with Crippen LogP contribution in [0.15, 0.2) is 40.8 Å². The number of carboxylic acid groups (broad SMARTS) is 1. The molecular formula is C34H46O10S. The first-order chi connectivity index (χ1) is 21.2. The van der Waals surface area contributed by atoms with Gasteiger partial charge in [0.2, 0.25) is 0 Å². The largest absolute Gasteiger partial charge is 0.481 e. The number of carbonyl (C=O) groups is 2. The summed E-state index contributed by atoms with van der Waals surface area (Å²) >= 11 is 0. The fourth-order valence-corrected chi connectivity index (χ4v) is 11.4. The molecule has 12 atom stereocenters. The van der Waals surface area contributed by atoms with E-state index in [0.29, 0.717) is 18.8 Å². The first kappa shape index (κ1) is 32.8. The second-order valence-electron chi connectivity index (χ2n) is 14.5. The number of aldehydes is 1. The minimum absolute atomic E-state index is 0.0227. The molecule has 1 heterocycles. The number of hydrogen-bond acceptors (Lipinski definition) is 9. The molecule has 6 rings (SSSR count). The summed E-state index contributed by atoms with van der Waals surface area (Å²) in [6.45, 7) is 9.59. The highest BCUT2D eigenvalue weighted by molar-refractivity contribution is 7.86. The van der Waals surface area contributed by atoms with Gasteiger partial charge in [0.25, 0.3) is 10.1 Å². The molecule has 1 aromatic rings. The van der Waals surface area contributed by atoms with Gasteiger partial charge in [-0.2, -0.15) is 8.42 Å². The molecule has 4 bridgehead atoms. The summed E-state index contributed by atoms with van der Waals surface area (Å²) in [7, 11) is -2.91. The molecule has 4 aliphatic carbocycles. The number of aliphatic hydroxyl groups excluding tert-OH is 1. The number of aliphatic hydroxyl groups is 1. The number of carbonyl (C=O) groups excluding carboxylic acids is 1. The van der Waals surface area contributed by atoms with Gasteiger partial charge in [-0.05, 0) is 74.8 Å². The third-order valence-electron chi connectivity index (χ3n) is 12.2. The van der Waals surface area contributed by atoms with E-state index in [4.69, 9.17) is 18.4 Å². The molecular weight excluding hydrogens is 600 g/mol. The van der Waals surface area contributed by atoms with Crippen LogP contribution < -0.4 is 0 Å². The lowest BCUT2D eigenvalue weighted by Crippen LogP contribution is -2.64. The average Bonchev–Trinajstić information content (AvgIpc) is 3.56. The summed E-state index contributed by atoms with van der Waals surface area (Å²) in [6.07, 6.45) is -0.0728. The van der Waals surface area contributed by atoms with Crippen molar-refractivity contribution in [2.75, 3.05) is 13.7 Å². The smallest absolute Gasteiger partial charge is 0.315 e. The molecule has 5 aliphatic rings. The minimum Gasteiger partial charge on any atom is -0.481 e. The van der Waals surface area contributed by atoms with Crippen LogP contribution in [-0.4, -0.2) is 75.3 Å². The number of aliphatic carboxylic acids is 1. The first-order valence-electron chi connectivity index (χ1n) is 16.1. The van der Waals surface area contributed by atoms with Gasteiger partial charge in [0, 0.05) is 12.5 Å². The molecule has 2 N–H and O–H groups in total. The number of methoxy groups -OCH3 is 1. The topological polar surface area (TPSA) is 146 Å². The summed E-state index contributed by atoms with van der Waals surface area (Å²) in [6, 6.07) is 6.19. The van der Waals surface area contributed by atoms with Gasteiger partial charge in [0.05, 0.1) is 23.0 Å². The van der Waals surface area contributed by atoms with Crippen molar-refractivity contribution >= 4 is 22.4 Å². The van der Waals surface area contributed by atoms with Crippen LogP contribution in [0.4, 0.5) is 0 Å². The summed E-state index contributed by atoms with van der Waals surface area (Å²) in [5, 5.41) is 22.8. The van der Waals surface area contributed by atoms with Crippen LogP contribution in [0.3, 0.4) is 0 Å². The number of carboxylic acids is 1. The van der Waals surface area contributed by atoms with E-state index < -0.39 is 63.0 Å². The van der Waals surface area contributed by atoms with Crippen LogP contribution >= 0.6 is 0 Å². The molecule has 3 saturated carbocycles. The second kappa shape index (κ2) is 11.2. The highest BCUT2D eigenvalue weighted by atomic mass is 32.2. The lowest BCUT2D eigenvalue weighted by molar-refractivity contribution is -0.302. The summed E-state index contributed by atoms with van der Waals surface area (Å²) in [4.78, 5) is 27.0. The molecule has 11 heteroatoms. The van der Waals surface area contributed by atoms with E-state index in [0.717, 1.165) is 30.3 Å². The number of ether oxygens (including phenoxy) is 3. The van der Waals surface area contributed by atoms with Crippen molar-refractivity contribution in [1.82, 2.24) is 0 Å². The maximum atomic E-state index is 13.7. The Hall–Kier alpha value is -2.15. The Morgan fingerprint density at radius 2 is 1.82 bits per heavy atom. The fraction of sp³-hybridized carbons (Fsp3) is 0.706. The third-order valence-corrected chi connectivity index (χ3v) is 13.5.